The molecule has 0 atom stereocenters. The zero-order valence-corrected chi connectivity index (χ0v) is 16.8. The zero-order valence-electron chi connectivity index (χ0n) is 15.2. The Morgan fingerprint density at radius 1 is 0.880 bits per heavy atom. The van der Waals surface area contributed by atoms with Crippen LogP contribution in [0, 0.1) is 0 Å². The van der Waals surface area contributed by atoms with Gasteiger partial charge in [0.25, 0.3) is 0 Å². The Balaban J connectivity index is 3.19. The largest absolute Gasteiger partial charge is 0.478 e. The first-order valence-electron chi connectivity index (χ1n) is 9.24. The van der Waals surface area contributed by atoms with Gasteiger partial charge in [-0.2, -0.15) is 0 Å². The van der Waals surface area contributed by atoms with Gasteiger partial charge in [-0.3, -0.25) is 0 Å². The second-order valence-corrected chi connectivity index (χ2v) is 7.28. The average Bonchev–Trinajstić information content (AvgIpc) is 2.57. The summed E-state index contributed by atoms with van der Waals surface area (Å²) in [6, 6.07) is 1.54. The van der Waals surface area contributed by atoms with E-state index in [9.17, 15) is 19.8 Å². The first-order chi connectivity index (χ1) is 11.9. The second-order valence-electron chi connectivity index (χ2n) is 6.48. The molecule has 0 aliphatic heterocycles. The molecule has 0 aliphatic carbocycles. The molecule has 0 bridgehead atoms. The van der Waals surface area contributed by atoms with Crippen LogP contribution in [0.3, 0.4) is 0 Å². The van der Waals surface area contributed by atoms with Crippen LogP contribution < -0.4 is 0 Å². The van der Waals surface area contributed by atoms with Gasteiger partial charge in [-0.1, -0.05) is 68.3 Å². The van der Waals surface area contributed by atoms with Gasteiger partial charge in [0.05, 0.1) is 11.1 Å². The molecule has 25 heavy (non-hydrogen) atoms. The van der Waals surface area contributed by atoms with E-state index in [2.05, 4.69) is 29.8 Å². The quantitative estimate of drug-likeness (QED) is 0.407. The third-order valence-corrected chi connectivity index (χ3v) is 5.45. The number of carbonyl (C=O) groups is 2. The Morgan fingerprint density at radius 3 is 1.92 bits per heavy atom. The summed E-state index contributed by atoms with van der Waals surface area (Å²) in [4.78, 5) is 23.3. The number of aryl methyl sites for hydroxylation is 1. The van der Waals surface area contributed by atoms with E-state index in [1.807, 2.05) is 0 Å². The molecule has 0 heterocycles. The van der Waals surface area contributed by atoms with Crippen molar-refractivity contribution >= 4 is 27.9 Å². The number of carboxylic acids is 2. The lowest BCUT2D eigenvalue weighted by atomic mass is 9.92. The fourth-order valence-corrected chi connectivity index (χ4v) is 3.79. The van der Waals surface area contributed by atoms with Crippen molar-refractivity contribution in [2.75, 3.05) is 0 Å². The lowest BCUT2D eigenvalue weighted by molar-refractivity contribution is 0.0650. The Kier molecular flexibility index (Phi) is 9.79. The molecule has 0 aliphatic rings. The highest BCUT2D eigenvalue weighted by atomic mass is 79.9. The lowest BCUT2D eigenvalue weighted by Gasteiger charge is -2.16. The predicted molar refractivity (Wildman–Crippen MR) is 104 cm³/mol. The van der Waals surface area contributed by atoms with Gasteiger partial charge in [-0.25, -0.2) is 9.59 Å². The summed E-state index contributed by atoms with van der Waals surface area (Å²) in [5.41, 5.74) is 1.39. The summed E-state index contributed by atoms with van der Waals surface area (Å²) in [6.07, 6.45) is 9.81. The van der Waals surface area contributed by atoms with Crippen LogP contribution in [0.5, 0.6) is 0 Å². The van der Waals surface area contributed by atoms with E-state index < -0.39 is 11.9 Å². The predicted octanol–water partition coefficient (Wildman–Crippen LogP) is 6.09. The third kappa shape index (κ3) is 6.46. The summed E-state index contributed by atoms with van der Waals surface area (Å²) in [6.45, 7) is 4.27. The molecule has 0 unspecified atom stereocenters. The number of hydrogen-bond acceptors (Lipinski definition) is 2. The van der Waals surface area contributed by atoms with Crippen molar-refractivity contribution in [2.24, 2.45) is 0 Å². The highest BCUT2D eigenvalue weighted by Gasteiger charge is 2.24. The number of hydrogen-bond donors (Lipinski definition) is 2. The van der Waals surface area contributed by atoms with E-state index in [1.54, 1.807) is 0 Å². The summed E-state index contributed by atoms with van der Waals surface area (Å²) < 4.78 is 0.780. The van der Waals surface area contributed by atoms with Crippen molar-refractivity contribution in [1.82, 2.24) is 0 Å². The van der Waals surface area contributed by atoms with E-state index in [0.717, 1.165) is 67.8 Å². The molecule has 0 saturated heterocycles. The molecule has 0 aromatic heterocycles. The average molecular weight is 413 g/mol. The Bertz CT molecular complexity index is 596. The maximum atomic E-state index is 11.7. The molecule has 2 N–H and O–H groups in total. The molecule has 0 fully saturated rings. The first kappa shape index (κ1) is 21.7. The van der Waals surface area contributed by atoms with Gasteiger partial charge < -0.3 is 10.2 Å². The highest BCUT2D eigenvalue weighted by Crippen LogP contribution is 2.31. The van der Waals surface area contributed by atoms with Crippen LogP contribution in [0.2, 0.25) is 0 Å². The van der Waals surface area contributed by atoms with E-state index in [4.69, 9.17) is 0 Å². The monoisotopic (exact) mass is 412 g/mol. The Hall–Kier alpha value is -1.36. The van der Waals surface area contributed by atoms with Crippen LogP contribution in [0.4, 0.5) is 0 Å². The summed E-state index contributed by atoms with van der Waals surface area (Å²) in [5, 5.41) is 19.1. The molecule has 1 aromatic carbocycles. The summed E-state index contributed by atoms with van der Waals surface area (Å²) >= 11 is 3.57. The van der Waals surface area contributed by atoms with E-state index >= 15 is 0 Å². The van der Waals surface area contributed by atoms with Crippen LogP contribution in [0.1, 0.15) is 97.1 Å². The molecular formula is C20H29BrO4. The van der Waals surface area contributed by atoms with Crippen molar-refractivity contribution in [3.05, 3.63) is 32.8 Å². The van der Waals surface area contributed by atoms with E-state index in [1.165, 1.54) is 6.07 Å². The topological polar surface area (TPSA) is 74.6 Å². The van der Waals surface area contributed by atoms with Crippen molar-refractivity contribution in [1.29, 1.82) is 0 Å². The number of rotatable bonds is 12. The fraction of sp³-hybridized carbons (Fsp3) is 0.600. The van der Waals surface area contributed by atoms with Crippen LogP contribution in [-0.4, -0.2) is 22.2 Å². The standard InChI is InChI=1S/C20H29BrO4/c1-3-5-7-9-11-14-13-16(19(22)23)17(20(24)25)15(18(14)21)12-10-8-6-4-2/h13H,3-12H2,1-2H3,(H,22,23)(H,24,25). The van der Waals surface area contributed by atoms with Gasteiger partial charge in [-0.05, 0) is 42.9 Å². The highest BCUT2D eigenvalue weighted by molar-refractivity contribution is 9.10. The van der Waals surface area contributed by atoms with Gasteiger partial charge in [0.2, 0.25) is 0 Å². The number of benzene rings is 1. The van der Waals surface area contributed by atoms with Crippen LogP contribution >= 0.6 is 15.9 Å². The number of aromatic carboxylic acids is 2. The van der Waals surface area contributed by atoms with Crippen molar-refractivity contribution in [3.8, 4) is 0 Å². The normalized spacial score (nSPS) is 10.8. The van der Waals surface area contributed by atoms with Gasteiger partial charge in [0.1, 0.15) is 0 Å². The van der Waals surface area contributed by atoms with Crippen LogP contribution in [-0.2, 0) is 12.8 Å². The van der Waals surface area contributed by atoms with Gasteiger partial charge in [0.15, 0.2) is 0 Å². The second kappa shape index (κ2) is 11.3. The maximum absolute atomic E-state index is 11.7. The molecule has 0 spiro atoms. The van der Waals surface area contributed by atoms with Gasteiger partial charge in [0, 0.05) is 4.47 Å². The minimum atomic E-state index is -1.17. The fourth-order valence-electron chi connectivity index (χ4n) is 3.08. The summed E-state index contributed by atoms with van der Waals surface area (Å²) in [5.74, 6) is -2.34. The maximum Gasteiger partial charge on any atom is 0.336 e. The zero-order chi connectivity index (χ0) is 18.8. The minimum Gasteiger partial charge on any atom is -0.478 e. The molecule has 5 heteroatoms. The molecule has 1 rings (SSSR count). The Labute approximate surface area is 158 Å². The molecule has 0 amide bonds. The van der Waals surface area contributed by atoms with E-state index in [0.29, 0.717) is 12.0 Å². The number of halogens is 1. The lowest BCUT2D eigenvalue weighted by Crippen LogP contribution is -2.14. The summed E-state index contributed by atoms with van der Waals surface area (Å²) in [7, 11) is 0. The van der Waals surface area contributed by atoms with Gasteiger partial charge in [-0.15, -0.1) is 0 Å². The van der Waals surface area contributed by atoms with Crippen molar-refractivity contribution in [3.63, 3.8) is 0 Å². The molecule has 0 radical (unpaired) electrons. The van der Waals surface area contributed by atoms with Crippen LogP contribution in [0.15, 0.2) is 10.5 Å². The van der Waals surface area contributed by atoms with E-state index in [-0.39, 0.29) is 11.1 Å². The number of carboxylic acid groups (broad SMARTS) is 2. The van der Waals surface area contributed by atoms with Crippen LogP contribution in [0.25, 0.3) is 0 Å². The minimum absolute atomic E-state index is 0.0619. The smallest absolute Gasteiger partial charge is 0.336 e. The molecule has 140 valence electrons. The first-order valence-corrected chi connectivity index (χ1v) is 10.0. The number of unbranched alkanes of at least 4 members (excludes halogenated alkanes) is 6. The van der Waals surface area contributed by atoms with Crippen molar-refractivity contribution in [2.45, 2.75) is 78.1 Å². The molecule has 0 saturated carbocycles. The van der Waals surface area contributed by atoms with Crippen molar-refractivity contribution < 1.29 is 19.8 Å². The third-order valence-electron chi connectivity index (χ3n) is 4.46. The molecule has 4 nitrogen and oxygen atoms in total. The SMILES string of the molecule is CCCCCCc1cc(C(=O)O)c(C(=O)O)c(CCCCCC)c1Br. The van der Waals surface area contributed by atoms with Gasteiger partial charge >= 0.3 is 11.9 Å². The Morgan fingerprint density at radius 2 is 1.44 bits per heavy atom. The molecule has 1 aromatic rings. The molecular weight excluding hydrogens is 384 g/mol.